The zero-order valence-corrected chi connectivity index (χ0v) is 9.64. The molecule has 0 fully saturated rings. The highest BCUT2D eigenvalue weighted by Crippen LogP contribution is 2.04. The van der Waals surface area contributed by atoms with Crippen LogP contribution in [0, 0.1) is 5.82 Å². The summed E-state index contributed by atoms with van der Waals surface area (Å²) in [6.45, 7) is 0. The van der Waals surface area contributed by atoms with E-state index >= 15 is 0 Å². The molecule has 90 valence electrons. The second kappa shape index (κ2) is 5.77. The predicted molar refractivity (Wildman–Crippen MR) is 69.3 cm³/mol. The van der Waals surface area contributed by atoms with Crippen LogP contribution >= 0.6 is 0 Å². The van der Waals surface area contributed by atoms with Crippen molar-refractivity contribution in [1.82, 2.24) is 5.32 Å². The van der Waals surface area contributed by atoms with Gasteiger partial charge in [0.2, 0.25) is 0 Å². The van der Waals surface area contributed by atoms with Gasteiger partial charge in [-0.05, 0) is 29.8 Å². The van der Waals surface area contributed by atoms with Crippen LogP contribution in [0.2, 0.25) is 0 Å². The van der Waals surface area contributed by atoms with Gasteiger partial charge in [0.15, 0.2) is 0 Å². The Kier molecular flexibility index (Phi) is 3.86. The molecule has 18 heavy (non-hydrogen) atoms. The smallest absolute Gasteiger partial charge is 0.255 e. The molecule has 2 nitrogen and oxygen atoms in total. The second-order valence-electron chi connectivity index (χ2n) is 3.73. The molecule has 0 atom stereocenters. The van der Waals surface area contributed by atoms with E-state index in [1.54, 1.807) is 18.3 Å². The third kappa shape index (κ3) is 3.28. The summed E-state index contributed by atoms with van der Waals surface area (Å²) < 4.78 is 12.9. The lowest BCUT2D eigenvalue weighted by Crippen LogP contribution is -2.16. The van der Waals surface area contributed by atoms with E-state index in [1.165, 1.54) is 18.2 Å². The van der Waals surface area contributed by atoms with E-state index in [2.05, 4.69) is 5.32 Å². The van der Waals surface area contributed by atoms with Crippen molar-refractivity contribution in [2.24, 2.45) is 0 Å². The number of hydrogen-bond acceptors (Lipinski definition) is 1. The van der Waals surface area contributed by atoms with Gasteiger partial charge in [-0.3, -0.25) is 4.79 Å². The van der Waals surface area contributed by atoms with Crippen molar-refractivity contribution in [3.05, 3.63) is 77.7 Å². The average molecular weight is 241 g/mol. The van der Waals surface area contributed by atoms with E-state index in [0.717, 1.165) is 5.56 Å². The van der Waals surface area contributed by atoms with Crippen LogP contribution in [0.25, 0.3) is 6.08 Å². The Morgan fingerprint density at radius 1 is 1.06 bits per heavy atom. The Bertz CT molecular complexity index is 564. The van der Waals surface area contributed by atoms with E-state index in [-0.39, 0.29) is 5.91 Å². The fourth-order valence-corrected chi connectivity index (χ4v) is 1.49. The molecule has 1 amide bonds. The van der Waals surface area contributed by atoms with Gasteiger partial charge in [-0.25, -0.2) is 4.39 Å². The molecule has 0 bridgehead atoms. The summed E-state index contributed by atoms with van der Waals surface area (Å²) in [7, 11) is 0. The summed E-state index contributed by atoms with van der Waals surface area (Å²) >= 11 is 0. The van der Waals surface area contributed by atoms with Crippen LogP contribution in [0.5, 0.6) is 0 Å². The van der Waals surface area contributed by atoms with E-state index in [1.807, 2.05) is 30.3 Å². The minimum absolute atomic E-state index is 0.299. The molecule has 0 unspecified atom stereocenters. The van der Waals surface area contributed by atoms with Gasteiger partial charge in [0.05, 0.1) is 0 Å². The van der Waals surface area contributed by atoms with Gasteiger partial charge in [0.1, 0.15) is 5.82 Å². The molecule has 3 heteroatoms. The summed E-state index contributed by atoms with van der Waals surface area (Å²) in [5.41, 5.74) is 1.28. The summed E-state index contributed by atoms with van der Waals surface area (Å²) in [6.07, 6.45) is 3.32. The van der Waals surface area contributed by atoms with Crippen molar-refractivity contribution >= 4 is 12.0 Å². The SMILES string of the molecule is O=C(N/C=C/c1ccccc1)c1cccc(F)c1. The lowest BCUT2D eigenvalue weighted by Gasteiger charge is -2.00. The summed E-state index contributed by atoms with van der Waals surface area (Å²) in [5, 5.41) is 2.59. The molecular weight excluding hydrogens is 229 g/mol. The number of carbonyl (C=O) groups excluding carboxylic acids is 1. The zero-order valence-electron chi connectivity index (χ0n) is 9.64. The molecule has 1 N–H and O–H groups in total. The first kappa shape index (κ1) is 12.0. The topological polar surface area (TPSA) is 29.1 Å². The van der Waals surface area contributed by atoms with Crippen molar-refractivity contribution in [2.75, 3.05) is 0 Å². The van der Waals surface area contributed by atoms with E-state index in [9.17, 15) is 9.18 Å². The molecule has 0 aliphatic heterocycles. The van der Waals surface area contributed by atoms with Crippen LogP contribution in [0.15, 0.2) is 60.8 Å². The van der Waals surface area contributed by atoms with Gasteiger partial charge < -0.3 is 5.32 Å². The van der Waals surface area contributed by atoms with Crippen LogP contribution in [-0.4, -0.2) is 5.91 Å². The molecule has 0 saturated heterocycles. The molecule has 2 rings (SSSR count). The van der Waals surface area contributed by atoms with E-state index in [4.69, 9.17) is 0 Å². The Morgan fingerprint density at radius 2 is 1.83 bits per heavy atom. The number of carbonyl (C=O) groups is 1. The Hall–Kier alpha value is -2.42. The van der Waals surface area contributed by atoms with Crippen molar-refractivity contribution < 1.29 is 9.18 Å². The summed E-state index contributed by atoms with van der Waals surface area (Å²) in [6, 6.07) is 15.2. The summed E-state index contributed by atoms with van der Waals surface area (Å²) in [5.74, 6) is -0.753. The first-order valence-corrected chi connectivity index (χ1v) is 5.54. The second-order valence-corrected chi connectivity index (χ2v) is 3.73. The molecule has 2 aromatic carbocycles. The third-order valence-corrected chi connectivity index (χ3v) is 2.38. The van der Waals surface area contributed by atoms with Crippen LogP contribution < -0.4 is 5.32 Å². The van der Waals surface area contributed by atoms with Gasteiger partial charge in [-0.2, -0.15) is 0 Å². The van der Waals surface area contributed by atoms with Crippen LogP contribution in [0.3, 0.4) is 0 Å². The minimum Gasteiger partial charge on any atom is -0.329 e. The minimum atomic E-state index is -0.422. The number of halogens is 1. The molecule has 0 aromatic heterocycles. The average Bonchev–Trinajstić information content (AvgIpc) is 2.40. The highest BCUT2D eigenvalue weighted by Gasteiger charge is 2.03. The molecule has 2 aromatic rings. The van der Waals surface area contributed by atoms with Crippen molar-refractivity contribution in [3.8, 4) is 0 Å². The standard InChI is InChI=1S/C15H12FNO/c16-14-8-4-7-13(11-14)15(18)17-10-9-12-5-2-1-3-6-12/h1-11H,(H,17,18)/b10-9+. The van der Waals surface area contributed by atoms with Crippen LogP contribution in [0.4, 0.5) is 4.39 Å². The van der Waals surface area contributed by atoms with Crippen molar-refractivity contribution in [2.45, 2.75) is 0 Å². The largest absolute Gasteiger partial charge is 0.329 e. The van der Waals surface area contributed by atoms with Gasteiger partial charge >= 0.3 is 0 Å². The lowest BCUT2D eigenvalue weighted by atomic mass is 10.2. The zero-order chi connectivity index (χ0) is 12.8. The van der Waals surface area contributed by atoms with Crippen LogP contribution in [-0.2, 0) is 0 Å². The number of nitrogens with one attached hydrogen (secondary N) is 1. The lowest BCUT2D eigenvalue weighted by molar-refractivity contribution is 0.0970. The highest BCUT2D eigenvalue weighted by molar-refractivity contribution is 5.95. The number of benzene rings is 2. The maximum atomic E-state index is 12.9. The van der Waals surface area contributed by atoms with Crippen molar-refractivity contribution in [1.29, 1.82) is 0 Å². The van der Waals surface area contributed by atoms with Crippen LogP contribution in [0.1, 0.15) is 15.9 Å². The molecule has 0 spiro atoms. The quantitative estimate of drug-likeness (QED) is 0.878. The highest BCUT2D eigenvalue weighted by atomic mass is 19.1. The Balaban J connectivity index is 1.99. The molecule has 0 aliphatic carbocycles. The van der Waals surface area contributed by atoms with Gasteiger partial charge in [-0.1, -0.05) is 36.4 Å². The molecule has 0 aliphatic rings. The predicted octanol–water partition coefficient (Wildman–Crippen LogP) is 3.23. The Labute approximate surface area is 105 Å². The molecule has 0 heterocycles. The first-order chi connectivity index (χ1) is 8.75. The Morgan fingerprint density at radius 3 is 2.56 bits per heavy atom. The third-order valence-electron chi connectivity index (χ3n) is 2.38. The number of hydrogen-bond donors (Lipinski definition) is 1. The fraction of sp³-hybridized carbons (Fsp3) is 0. The van der Waals surface area contributed by atoms with E-state index in [0.29, 0.717) is 5.56 Å². The van der Waals surface area contributed by atoms with Crippen molar-refractivity contribution in [3.63, 3.8) is 0 Å². The van der Waals surface area contributed by atoms with Gasteiger partial charge in [0, 0.05) is 11.8 Å². The molecule has 0 saturated carbocycles. The van der Waals surface area contributed by atoms with Gasteiger partial charge in [-0.15, -0.1) is 0 Å². The summed E-state index contributed by atoms with van der Waals surface area (Å²) in [4.78, 5) is 11.7. The number of rotatable bonds is 3. The van der Waals surface area contributed by atoms with Gasteiger partial charge in [0.25, 0.3) is 5.91 Å². The first-order valence-electron chi connectivity index (χ1n) is 5.54. The van der Waals surface area contributed by atoms with E-state index < -0.39 is 5.82 Å². The molecular formula is C15H12FNO. The number of amides is 1. The monoisotopic (exact) mass is 241 g/mol. The maximum absolute atomic E-state index is 12.9. The maximum Gasteiger partial charge on any atom is 0.255 e. The normalized spacial score (nSPS) is 10.5. The fourth-order valence-electron chi connectivity index (χ4n) is 1.49. The molecule has 0 radical (unpaired) electrons.